The Labute approximate surface area is 225 Å². The molecular formula is C32H31F5O2. The van der Waals surface area contributed by atoms with Crippen molar-refractivity contribution < 1.29 is 31.4 Å². The molecule has 0 spiro atoms. The summed E-state index contributed by atoms with van der Waals surface area (Å²) < 4.78 is 77.5. The van der Waals surface area contributed by atoms with Gasteiger partial charge in [-0.25, -0.2) is 8.78 Å². The summed E-state index contributed by atoms with van der Waals surface area (Å²) in [5.74, 6) is -0.110. The Hall–Kier alpha value is -3.61. The SMILES string of the molecule is CCCCCCOc1ccc(-c2ccc3c(F)c(CCc4ccc(OCC(F)(F)F)cc4)ccc3c2)c(F)c1. The molecule has 39 heavy (non-hydrogen) atoms. The van der Waals surface area contributed by atoms with E-state index in [4.69, 9.17) is 9.47 Å². The van der Waals surface area contributed by atoms with Crippen molar-refractivity contribution in [2.24, 2.45) is 0 Å². The number of benzene rings is 4. The van der Waals surface area contributed by atoms with Crippen LogP contribution in [-0.4, -0.2) is 19.4 Å². The maximum atomic E-state index is 15.3. The maximum Gasteiger partial charge on any atom is 0.422 e. The van der Waals surface area contributed by atoms with Crippen molar-refractivity contribution in [3.63, 3.8) is 0 Å². The summed E-state index contributed by atoms with van der Waals surface area (Å²) in [7, 11) is 0. The highest BCUT2D eigenvalue weighted by Crippen LogP contribution is 2.31. The first-order valence-electron chi connectivity index (χ1n) is 13.2. The third-order valence-corrected chi connectivity index (χ3v) is 6.56. The predicted molar refractivity (Wildman–Crippen MR) is 144 cm³/mol. The number of halogens is 5. The second kappa shape index (κ2) is 13.0. The third-order valence-electron chi connectivity index (χ3n) is 6.56. The summed E-state index contributed by atoms with van der Waals surface area (Å²) in [6.07, 6.45) is 0.851. The molecule has 0 aliphatic carbocycles. The van der Waals surface area contributed by atoms with E-state index in [1.54, 1.807) is 48.5 Å². The van der Waals surface area contributed by atoms with E-state index in [9.17, 15) is 17.6 Å². The van der Waals surface area contributed by atoms with Gasteiger partial charge in [0.2, 0.25) is 0 Å². The molecule has 0 bridgehead atoms. The summed E-state index contributed by atoms with van der Waals surface area (Å²) in [5, 5.41) is 1.11. The van der Waals surface area contributed by atoms with E-state index >= 15 is 4.39 Å². The van der Waals surface area contributed by atoms with Gasteiger partial charge in [0.25, 0.3) is 0 Å². The molecule has 4 aromatic rings. The fourth-order valence-corrected chi connectivity index (χ4v) is 4.43. The van der Waals surface area contributed by atoms with Crippen molar-refractivity contribution >= 4 is 10.8 Å². The van der Waals surface area contributed by atoms with E-state index in [1.807, 2.05) is 6.07 Å². The number of hydrogen-bond acceptors (Lipinski definition) is 2. The molecule has 0 unspecified atom stereocenters. The average Bonchev–Trinajstić information content (AvgIpc) is 2.91. The summed E-state index contributed by atoms with van der Waals surface area (Å²) >= 11 is 0. The monoisotopic (exact) mass is 542 g/mol. The molecule has 0 saturated carbocycles. The fourth-order valence-electron chi connectivity index (χ4n) is 4.43. The maximum absolute atomic E-state index is 15.3. The molecule has 206 valence electrons. The molecule has 0 saturated heterocycles. The Morgan fingerprint density at radius 2 is 1.49 bits per heavy atom. The number of fused-ring (bicyclic) bond motifs is 1. The van der Waals surface area contributed by atoms with Crippen molar-refractivity contribution in [3.8, 4) is 22.6 Å². The van der Waals surface area contributed by atoms with E-state index in [2.05, 4.69) is 6.92 Å². The van der Waals surface area contributed by atoms with E-state index in [0.717, 1.165) is 31.2 Å². The topological polar surface area (TPSA) is 18.5 Å². The van der Waals surface area contributed by atoms with Crippen LogP contribution in [0.25, 0.3) is 21.9 Å². The van der Waals surface area contributed by atoms with Crippen LogP contribution in [0.15, 0.2) is 72.8 Å². The van der Waals surface area contributed by atoms with Gasteiger partial charge in [-0.1, -0.05) is 62.6 Å². The zero-order chi connectivity index (χ0) is 27.8. The van der Waals surface area contributed by atoms with Gasteiger partial charge in [0.15, 0.2) is 6.61 Å². The lowest BCUT2D eigenvalue weighted by molar-refractivity contribution is -0.153. The highest BCUT2D eigenvalue weighted by Gasteiger charge is 2.28. The molecule has 0 heterocycles. The average molecular weight is 543 g/mol. The second-order valence-electron chi connectivity index (χ2n) is 9.57. The van der Waals surface area contributed by atoms with Crippen LogP contribution in [0.5, 0.6) is 11.5 Å². The Kier molecular flexibility index (Phi) is 9.44. The summed E-state index contributed by atoms with van der Waals surface area (Å²) in [4.78, 5) is 0. The van der Waals surface area contributed by atoms with Crippen molar-refractivity contribution in [1.29, 1.82) is 0 Å². The summed E-state index contributed by atoms with van der Waals surface area (Å²) in [6.45, 7) is 1.35. The lowest BCUT2D eigenvalue weighted by Crippen LogP contribution is -2.19. The van der Waals surface area contributed by atoms with Crippen LogP contribution in [0, 0.1) is 11.6 Å². The molecule has 0 amide bonds. The summed E-state index contributed by atoms with van der Waals surface area (Å²) in [5.41, 5.74) is 2.45. The zero-order valence-electron chi connectivity index (χ0n) is 21.8. The van der Waals surface area contributed by atoms with Crippen molar-refractivity contribution in [1.82, 2.24) is 0 Å². The smallest absolute Gasteiger partial charge is 0.422 e. The van der Waals surface area contributed by atoms with E-state index in [-0.39, 0.29) is 11.6 Å². The van der Waals surface area contributed by atoms with E-state index in [0.29, 0.717) is 52.7 Å². The molecule has 0 aliphatic rings. The number of ether oxygens (including phenoxy) is 2. The van der Waals surface area contributed by atoms with Crippen molar-refractivity contribution in [3.05, 3.63) is 95.6 Å². The molecular weight excluding hydrogens is 511 g/mol. The van der Waals surface area contributed by atoms with Gasteiger partial charge < -0.3 is 9.47 Å². The molecule has 0 fully saturated rings. The normalized spacial score (nSPS) is 11.6. The van der Waals surface area contributed by atoms with Crippen LogP contribution in [0.3, 0.4) is 0 Å². The molecule has 0 aromatic heterocycles. The van der Waals surface area contributed by atoms with Gasteiger partial charge in [0.05, 0.1) is 6.61 Å². The first-order valence-corrected chi connectivity index (χ1v) is 13.2. The van der Waals surface area contributed by atoms with Crippen LogP contribution in [0.2, 0.25) is 0 Å². The molecule has 0 radical (unpaired) electrons. The first-order chi connectivity index (χ1) is 18.7. The predicted octanol–water partition coefficient (Wildman–Crippen LogP) is 9.47. The highest BCUT2D eigenvalue weighted by molar-refractivity contribution is 5.88. The minimum absolute atomic E-state index is 0.129. The molecule has 7 heteroatoms. The number of rotatable bonds is 12. The Balaban J connectivity index is 1.40. The van der Waals surface area contributed by atoms with Crippen LogP contribution < -0.4 is 9.47 Å². The number of alkyl halides is 3. The molecule has 0 atom stereocenters. The standard InChI is InChI=1S/C32H31F5O2/c1-2-3-4-5-18-38-27-15-17-28(30(33)20-27)24-12-16-29-25(19-24)11-10-23(31(29)34)9-6-22-7-13-26(14-8-22)39-21-32(35,36)37/h7-8,10-17,19-20H,2-6,9,18,21H2,1H3. The van der Waals surface area contributed by atoms with Gasteiger partial charge >= 0.3 is 6.18 Å². The largest absolute Gasteiger partial charge is 0.493 e. The molecule has 4 rings (SSSR count). The third kappa shape index (κ3) is 7.94. The minimum Gasteiger partial charge on any atom is -0.493 e. The van der Waals surface area contributed by atoms with Crippen LogP contribution in [0.1, 0.15) is 43.7 Å². The lowest BCUT2D eigenvalue weighted by atomic mass is 9.97. The molecule has 0 aliphatic heterocycles. The van der Waals surface area contributed by atoms with Crippen LogP contribution >= 0.6 is 0 Å². The van der Waals surface area contributed by atoms with Gasteiger partial charge in [0.1, 0.15) is 23.1 Å². The summed E-state index contributed by atoms with van der Waals surface area (Å²) in [6, 6.07) is 19.8. The van der Waals surface area contributed by atoms with Gasteiger partial charge in [-0.3, -0.25) is 0 Å². The fraction of sp³-hybridized carbons (Fsp3) is 0.312. The number of unbranched alkanes of at least 4 members (excludes halogenated alkanes) is 3. The Morgan fingerprint density at radius 1 is 0.718 bits per heavy atom. The molecule has 2 nitrogen and oxygen atoms in total. The van der Waals surface area contributed by atoms with Gasteiger partial charge in [-0.2, -0.15) is 13.2 Å². The Morgan fingerprint density at radius 3 is 2.21 bits per heavy atom. The van der Waals surface area contributed by atoms with Gasteiger partial charge in [-0.05, 0) is 71.7 Å². The lowest BCUT2D eigenvalue weighted by Gasteiger charge is -2.11. The minimum atomic E-state index is -4.39. The number of aryl methyl sites for hydroxylation is 2. The first kappa shape index (κ1) is 28.4. The van der Waals surface area contributed by atoms with Crippen LogP contribution in [0.4, 0.5) is 22.0 Å². The van der Waals surface area contributed by atoms with Gasteiger partial charge in [0, 0.05) is 17.0 Å². The molecule has 0 N–H and O–H groups in total. The van der Waals surface area contributed by atoms with Crippen molar-refractivity contribution in [2.75, 3.05) is 13.2 Å². The van der Waals surface area contributed by atoms with E-state index < -0.39 is 18.6 Å². The Bertz CT molecular complexity index is 1380. The van der Waals surface area contributed by atoms with Crippen LogP contribution in [-0.2, 0) is 12.8 Å². The second-order valence-corrected chi connectivity index (χ2v) is 9.57. The number of hydrogen-bond donors (Lipinski definition) is 0. The highest BCUT2D eigenvalue weighted by atomic mass is 19.4. The van der Waals surface area contributed by atoms with Gasteiger partial charge in [-0.15, -0.1) is 0 Å². The van der Waals surface area contributed by atoms with E-state index in [1.165, 1.54) is 18.2 Å². The zero-order valence-corrected chi connectivity index (χ0v) is 21.8. The quantitative estimate of drug-likeness (QED) is 0.131. The van der Waals surface area contributed by atoms with Crippen molar-refractivity contribution in [2.45, 2.75) is 51.6 Å². The molecule has 4 aromatic carbocycles.